The molecule has 49 heavy (non-hydrogen) atoms. The maximum atomic E-state index is 14.3. The van der Waals surface area contributed by atoms with Gasteiger partial charge in [0.1, 0.15) is 17.9 Å². The lowest BCUT2D eigenvalue weighted by Gasteiger charge is -2.39. The van der Waals surface area contributed by atoms with E-state index in [1.807, 2.05) is 32.9 Å². The number of ketones is 2. The highest BCUT2D eigenvalue weighted by Gasteiger charge is 2.41. The number of unbranched alkanes of at least 4 members (excludes halogenated alkanes) is 2. The summed E-state index contributed by atoms with van der Waals surface area (Å²) < 4.78 is 2.23. The largest absolute Gasteiger partial charge is 0.344 e. The van der Waals surface area contributed by atoms with Crippen LogP contribution in [-0.4, -0.2) is 81.4 Å². The summed E-state index contributed by atoms with van der Waals surface area (Å²) in [6.07, 6.45) is 11.4. The average molecular weight is 676 g/mol. The topological polar surface area (TPSA) is 121 Å². The number of nitrogens with one attached hydrogen (secondary N) is 2. The number of aromatic nitrogens is 1. The highest BCUT2D eigenvalue weighted by atomic mass is 16.2. The van der Waals surface area contributed by atoms with Crippen molar-refractivity contribution in [1.82, 2.24) is 25.0 Å². The van der Waals surface area contributed by atoms with Gasteiger partial charge in [-0.3, -0.25) is 28.9 Å². The normalized spacial score (nSPS) is 25.0. The van der Waals surface area contributed by atoms with Crippen molar-refractivity contribution >= 4 is 40.2 Å². The summed E-state index contributed by atoms with van der Waals surface area (Å²) >= 11 is 0. The first-order valence-corrected chi connectivity index (χ1v) is 18.9. The number of fused-ring (bicyclic) bond motifs is 2. The fourth-order valence-corrected chi connectivity index (χ4v) is 7.88. The van der Waals surface area contributed by atoms with Crippen molar-refractivity contribution in [3.8, 4) is 0 Å². The van der Waals surface area contributed by atoms with E-state index < -0.39 is 24.0 Å². The number of hydrogen-bond acceptors (Lipinski definition) is 6. The third kappa shape index (κ3) is 9.18. The van der Waals surface area contributed by atoms with E-state index in [-0.39, 0.29) is 48.0 Å². The number of hydrogen-bond donors (Lipinski definition) is 2. The van der Waals surface area contributed by atoms with Crippen molar-refractivity contribution in [3.05, 3.63) is 36.0 Å². The van der Waals surface area contributed by atoms with Crippen LogP contribution in [0.1, 0.15) is 110 Å². The summed E-state index contributed by atoms with van der Waals surface area (Å²) in [4.78, 5) is 72.5. The van der Waals surface area contributed by atoms with Gasteiger partial charge in [0, 0.05) is 55.2 Å². The summed E-state index contributed by atoms with van der Waals surface area (Å²) in [5.41, 5.74) is 2.04. The Morgan fingerprint density at radius 2 is 1.67 bits per heavy atom. The number of para-hydroxylation sites is 1. The van der Waals surface area contributed by atoms with Gasteiger partial charge in [-0.25, -0.2) is 0 Å². The summed E-state index contributed by atoms with van der Waals surface area (Å²) in [7, 11) is 0. The van der Waals surface area contributed by atoms with Crippen LogP contribution in [0.15, 0.2) is 30.5 Å². The highest BCUT2D eigenvalue weighted by Crippen LogP contribution is 2.28. The number of likely N-dealkylation sites (tertiary alicyclic amines) is 1. The Hall–Kier alpha value is -3.53. The lowest BCUT2D eigenvalue weighted by Crippen LogP contribution is -2.61. The maximum Gasteiger partial charge on any atom is 0.246 e. The molecule has 10 heteroatoms. The summed E-state index contributed by atoms with van der Waals surface area (Å²) in [6.45, 7) is 9.17. The Morgan fingerprint density at radius 3 is 2.43 bits per heavy atom. The van der Waals surface area contributed by atoms with Crippen LogP contribution in [0.3, 0.4) is 0 Å². The third-order valence-corrected chi connectivity index (χ3v) is 11.1. The number of carbonyl (C=O) groups excluding carboxylic acids is 5. The summed E-state index contributed by atoms with van der Waals surface area (Å²) in [5.74, 6) is -1.49. The molecule has 0 saturated carbocycles. The van der Waals surface area contributed by atoms with Crippen LogP contribution in [0.2, 0.25) is 0 Å². The van der Waals surface area contributed by atoms with Crippen molar-refractivity contribution in [2.45, 2.75) is 135 Å². The molecule has 1 unspecified atom stereocenters. The van der Waals surface area contributed by atoms with Crippen LogP contribution in [-0.2, 0) is 37.1 Å². The first kappa shape index (κ1) is 36.7. The molecule has 2 aromatic rings. The minimum atomic E-state index is -0.922. The number of carbonyl (C=O) groups is 5. The zero-order valence-electron chi connectivity index (χ0n) is 29.9. The molecule has 1 aromatic heterocycles. The van der Waals surface area contributed by atoms with E-state index >= 15 is 0 Å². The highest BCUT2D eigenvalue weighted by molar-refractivity contribution is 5.98. The van der Waals surface area contributed by atoms with Crippen LogP contribution < -0.4 is 10.6 Å². The molecule has 1 aromatic carbocycles. The Morgan fingerprint density at radius 1 is 0.918 bits per heavy atom. The molecule has 0 aliphatic carbocycles. The monoisotopic (exact) mass is 675 g/mol. The smallest absolute Gasteiger partial charge is 0.246 e. The van der Waals surface area contributed by atoms with E-state index in [0.29, 0.717) is 45.1 Å². The van der Waals surface area contributed by atoms with Gasteiger partial charge in [0.25, 0.3) is 0 Å². The third-order valence-electron chi connectivity index (χ3n) is 11.1. The number of amides is 3. The van der Waals surface area contributed by atoms with Gasteiger partial charge in [0.05, 0.1) is 12.7 Å². The standard InChI is InChI=1S/C39H57N5O5/c1-4-27(3)36-39(49)44-22-12-11-19-34(44)35(46)24-28(15-7-6-8-16-30(45)5-2)37(47)40-32(38(48)41-36)23-29-25-43(26-42-20-13-14-21-42)33-18-10-9-17-31(29)33/h9-10,17-18,25,27-28,32,34,36H,4-8,11-16,19-24,26H2,1-3H3,(H,40,47)(H,41,48)/t27?,28-,32+,34-,36+/m1/s1. The van der Waals surface area contributed by atoms with Crippen LogP contribution in [0.5, 0.6) is 0 Å². The average Bonchev–Trinajstić information content (AvgIpc) is 3.76. The van der Waals surface area contributed by atoms with Crippen molar-refractivity contribution in [2.75, 3.05) is 19.6 Å². The molecule has 3 amide bonds. The van der Waals surface area contributed by atoms with Gasteiger partial charge in [-0.2, -0.15) is 0 Å². The molecule has 2 N–H and O–H groups in total. The Bertz CT molecular complexity index is 1480. The summed E-state index contributed by atoms with van der Waals surface area (Å²) in [5, 5.41) is 7.19. The zero-order chi connectivity index (χ0) is 34.9. The lowest BCUT2D eigenvalue weighted by molar-refractivity contribution is -0.147. The molecule has 3 aliphatic heterocycles. The van der Waals surface area contributed by atoms with E-state index in [1.54, 1.807) is 4.90 Å². The first-order chi connectivity index (χ1) is 23.7. The van der Waals surface area contributed by atoms with Gasteiger partial charge in [-0.1, -0.05) is 58.2 Å². The van der Waals surface area contributed by atoms with Crippen molar-refractivity contribution < 1.29 is 24.0 Å². The Kier molecular flexibility index (Phi) is 13.1. The molecule has 10 nitrogen and oxygen atoms in total. The molecule has 4 heterocycles. The molecule has 5 rings (SSSR count). The minimum absolute atomic E-state index is 0.0334. The zero-order valence-corrected chi connectivity index (χ0v) is 29.9. The van der Waals surface area contributed by atoms with Crippen LogP contribution in [0.4, 0.5) is 0 Å². The van der Waals surface area contributed by atoms with Crippen molar-refractivity contribution in [1.29, 1.82) is 0 Å². The van der Waals surface area contributed by atoms with Crippen molar-refractivity contribution in [2.24, 2.45) is 11.8 Å². The fraction of sp³-hybridized carbons (Fsp3) is 0.667. The molecule has 3 fully saturated rings. The Labute approximate surface area is 291 Å². The van der Waals surface area contributed by atoms with E-state index in [1.165, 1.54) is 12.8 Å². The van der Waals surface area contributed by atoms with Gasteiger partial charge in [0.15, 0.2) is 5.78 Å². The molecular weight excluding hydrogens is 618 g/mol. The summed E-state index contributed by atoms with van der Waals surface area (Å²) in [6, 6.07) is 5.88. The molecule has 0 bridgehead atoms. The number of Topliss-reactive ketones (excluding diaryl/α,β-unsaturated/α-hetero) is 2. The molecule has 268 valence electrons. The van der Waals surface area contributed by atoms with Crippen LogP contribution in [0.25, 0.3) is 10.9 Å². The lowest BCUT2D eigenvalue weighted by atomic mass is 9.87. The second-order valence-corrected chi connectivity index (χ2v) is 14.6. The number of rotatable bonds is 13. The van der Waals surface area contributed by atoms with Crippen LogP contribution in [0, 0.1) is 11.8 Å². The van der Waals surface area contributed by atoms with Crippen LogP contribution >= 0.6 is 0 Å². The predicted molar refractivity (Wildman–Crippen MR) is 191 cm³/mol. The molecule has 3 saturated heterocycles. The quantitative estimate of drug-likeness (QED) is 0.284. The Balaban J connectivity index is 1.45. The molecule has 5 atom stereocenters. The predicted octanol–water partition coefficient (Wildman–Crippen LogP) is 5.15. The number of benzene rings is 1. The van der Waals surface area contributed by atoms with Gasteiger partial charge in [0.2, 0.25) is 17.7 Å². The molecular formula is C39H57N5O5. The van der Waals surface area contributed by atoms with Crippen molar-refractivity contribution in [3.63, 3.8) is 0 Å². The van der Waals surface area contributed by atoms with Gasteiger partial charge >= 0.3 is 0 Å². The van der Waals surface area contributed by atoms with E-state index in [4.69, 9.17) is 0 Å². The number of piperidine rings is 1. The molecule has 0 radical (unpaired) electrons. The van der Waals surface area contributed by atoms with Gasteiger partial charge < -0.3 is 20.1 Å². The second kappa shape index (κ2) is 17.4. The van der Waals surface area contributed by atoms with E-state index in [9.17, 15) is 24.0 Å². The fourth-order valence-electron chi connectivity index (χ4n) is 7.88. The maximum absolute atomic E-state index is 14.3. The molecule has 0 spiro atoms. The van der Waals surface area contributed by atoms with Gasteiger partial charge in [-0.15, -0.1) is 0 Å². The van der Waals surface area contributed by atoms with E-state index in [2.05, 4.69) is 38.4 Å². The molecule has 3 aliphatic rings. The second-order valence-electron chi connectivity index (χ2n) is 14.6. The SMILES string of the molecule is CCC(=O)CCCCC[C@@H]1CC(=O)[C@H]2CCCCN2C(=O)[C@H](C(C)CC)NC(=O)[C@H](Cc2cn(CN3CCCC3)c3ccccc23)NC1=O. The van der Waals surface area contributed by atoms with E-state index in [0.717, 1.165) is 61.9 Å². The van der Waals surface area contributed by atoms with Gasteiger partial charge in [-0.05, 0) is 75.6 Å². The first-order valence-electron chi connectivity index (χ1n) is 18.9. The minimum Gasteiger partial charge on any atom is -0.344 e. The number of nitrogens with zero attached hydrogens (tertiary/aromatic N) is 3.